The van der Waals surface area contributed by atoms with Gasteiger partial charge in [-0.05, 0) is 25.0 Å². The third kappa shape index (κ3) is 5.56. The van der Waals surface area contributed by atoms with Crippen molar-refractivity contribution >= 4 is 5.91 Å². The summed E-state index contributed by atoms with van der Waals surface area (Å²) in [5.74, 6) is -0.437. The molecule has 0 radical (unpaired) electrons. The fourth-order valence-corrected chi connectivity index (χ4v) is 1.59. The van der Waals surface area contributed by atoms with Crippen LogP contribution in [0, 0.1) is 0 Å². The first-order valence-corrected chi connectivity index (χ1v) is 6.37. The summed E-state index contributed by atoms with van der Waals surface area (Å²) in [6, 6.07) is 1.90. The highest BCUT2D eigenvalue weighted by Crippen LogP contribution is 2.27. The van der Waals surface area contributed by atoms with E-state index in [1.807, 2.05) is 0 Å². The summed E-state index contributed by atoms with van der Waals surface area (Å²) in [7, 11) is 0. The van der Waals surface area contributed by atoms with Gasteiger partial charge >= 0.3 is 6.18 Å². The van der Waals surface area contributed by atoms with E-state index in [1.165, 1.54) is 0 Å². The Balaban J connectivity index is 2.37. The minimum atomic E-state index is -4.50. The van der Waals surface area contributed by atoms with Gasteiger partial charge < -0.3 is 10.4 Å². The number of hydrogen-bond acceptors (Lipinski definition) is 3. The maximum absolute atomic E-state index is 12.3. The Morgan fingerprint density at radius 3 is 2.45 bits per heavy atom. The molecule has 0 unspecified atom stereocenters. The molecule has 112 valence electrons. The van der Waals surface area contributed by atoms with E-state index in [-0.39, 0.29) is 12.2 Å². The Kier molecular flexibility index (Phi) is 6.44. The van der Waals surface area contributed by atoms with Gasteiger partial charge in [0.05, 0.1) is 5.56 Å². The van der Waals surface area contributed by atoms with Crippen LogP contribution in [0.25, 0.3) is 0 Å². The number of nitrogens with one attached hydrogen (secondary N) is 1. The van der Waals surface area contributed by atoms with Gasteiger partial charge in [-0.15, -0.1) is 0 Å². The second kappa shape index (κ2) is 7.84. The molecule has 0 atom stereocenters. The van der Waals surface area contributed by atoms with Gasteiger partial charge in [0.15, 0.2) is 0 Å². The number of aliphatic hydroxyl groups excluding tert-OH is 1. The number of rotatable bonds is 7. The molecule has 0 saturated heterocycles. The summed E-state index contributed by atoms with van der Waals surface area (Å²) in [5, 5.41) is 11.2. The highest BCUT2D eigenvalue weighted by Gasteiger charge is 2.32. The zero-order valence-electron chi connectivity index (χ0n) is 10.9. The number of nitrogens with zero attached hydrogens (tertiary/aromatic N) is 1. The number of aromatic nitrogens is 1. The van der Waals surface area contributed by atoms with Crippen LogP contribution < -0.4 is 5.32 Å². The SMILES string of the molecule is O=C(NCCCCCCO)c1ccc(C(F)(F)F)nc1. The maximum atomic E-state index is 12.3. The molecule has 1 amide bonds. The van der Waals surface area contributed by atoms with Crippen LogP contribution in [0.4, 0.5) is 13.2 Å². The van der Waals surface area contributed by atoms with Gasteiger partial charge in [-0.25, -0.2) is 0 Å². The molecule has 2 N–H and O–H groups in total. The number of carbonyl (C=O) groups excluding carboxylic acids is 1. The zero-order valence-corrected chi connectivity index (χ0v) is 10.9. The van der Waals surface area contributed by atoms with Crippen LogP contribution in [-0.2, 0) is 6.18 Å². The number of unbranched alkanes of at least 4 members (excludes halogenated alkanes) is 3. The summed E-state index contributed by atoms with van der Waals surface area (Å²) >= 11 is 0. The van der Waals surface area contributed by atoms with Gasteiger partial charge in [-0.1, -0.05) is 12.8 Å². The van der Waals surface area contributed by atoms with Crippen LogP contribution in [-0.4, -0.2) is 29.1 Å². The molecular weight excluding hydrogens is 273 g/mol. The summed E-state index contributed by atoms with van der Waals surface area (Å²) in [6.07, 6.45) is -0.317. The molecule has 1 heterocycles. The van der Waals surface area contributed by atoms with Crippen molar-refractivity contribution in [3.63, 3.8) is 0 Å². The molecule has 0 aliphatic heterocycles. The fraction of sp³-hybridized carbons (Fsp3) is 0.538. The first-order valence-electron chi connectivity index (χ1n) is 6.37. The largest absolute Gasteiger partial charge is 0.433 e. The topological polar surface area (TPSA) is 62.2 Å². The molecular formula is C13H17F3N2O2. The van der Waals surface area contributed by atoms with Gasteiger partial charge in [-0.2, -0.15) is 13.2 Å². The normalized spacial score (nSPS) is 11.4. The van der Waals surface area contributed by atoms with Crippen molar-refractivity contribution in [3.8, 4) is 0 Å². The van der Waals surface area contributed by atoms with Crippen molar-refractivity contribution in [2.75, 3.05) is 13.2 Å². The number of amides is 1. The predicted octanol–water partition coefficient (Wildman–Crippen LogP) is 2.38. The van der Waals surface area contributed by atoms with E-state index in [9.17, 15) is 18.0 Å². The number of pyridine rings is 1. The minimum Gasteiger partial charge on any atom is -0.396 e. The predicted molar refractivity (Wildman–Crippen MR) is 67.1 cm³/mol. The molecule has 1 aromatic heterocycles. The van der Waals surface area contributed by atoms with Gasteiger partial charge in [0.1, 0.15) is 5.69 Å². The first-order chi connectivity index (χ1) is 9.45. The Labute approximate surface area is 115 Å². The van der Waals surface area contributed by atoms with Crippen molar-refractivity contribution in [3.05, 3.63) is 29.6 Å². The van der Waals surface area contributed by atoms with Crippen molar-refractivity contribution in [1.29, 1.82) is 0 Å². The van der Waals surface area contributed by atoms with Gasteiger partial charge in [0.25, 0.3) is 5.91 Å². The van der Waals surface area contributed by atoms with Gasteiger partial charge in [0, 0.05) is 19.3 Å². The van der Waals surface area contributed by atoms with Crippen LogP contribution >= 0.6 is 0 Å². The Bertz CT molecular complexity index is 419. The second-order valence-electron chi connectivity index (χ2n) is 4.32. The number of aliphatic hydroxyl groups is 1. The number of carbonyl (C=O) groups is 1. The fourth-order valence-electron chi connectivity index (χ4n) is 1.59. The minimum absolute atomic E-state index is 0.105. The van der Waals surface area contributed by atoms with E-state index >= 15 is 0 Å². The lowest BCUT2D eigenvalue weighted by Crippen LogP contribution is -2.24. The molecule has 0 spiro atoms. The molecule has 0 aromatic carbocycles. The quantitative estimate of drug-likeness (QED) is 0.758. The molecule has 0 aliphatic carbocycles. The van der Waals surface area contributed by atoms with Crippen LogP contribution in [0.15, 0.2) is 18.3 Å². The van der Waals surface area contributed by atoms with Crippen LogP contribution in [0.5, 0.6) is 0 Å². The number of hydrogen-bond donors (Lipinski definition) is 2. The molecule has 0 saturated carbocycles. The maximum Gasteiger partial charge on any atom is 0.433 e. The van der Waals surface area contributed by atoms with Crippen molar-refractivity contribution in [1.82, 2.24) is 10.3 Å². The molecule has 20 heavy (non-hydrogen) atoms. The van der Waals surface area contributed by atoms with Crippen LogP contribution in [0.3, 0.4) is 0 Å². The van der Waals surface area contributed by atoms with E-state index in [1.54, 1.807) is 0 Å². The lowest BCUT2D eigenvalue weighted by Gasteiger charge is -2.07. The Hall–Kier alpha value is -1.63. The standard InChI is InChI=1S/C13H17F3N2O2/c14-13(15,16)11-6-5-10(9-18-11)12(20)17-7-3-1-2-4-8-19/h5-6,9,19H,1-4,7-8H2,(H,17,20). The van der Waals surface area contributed by atoms with E-state index in [0.29, 0.717) is 6.54 Å². The smallest absolute Gasteiger partial charge is 0.396 e. The van der Waals surface area contributed by atoms with Crippen molar-refractivity contribution in [2.24, 2.45) is 0 Å². The summed E-state index contributed by atoms with van der Waals surface area (Å²) in [5.41, 5.74) is -0.911. The first kappa shape index (κ1) is 16.4. The van der Waals surface area contributed by atoms with Crippen LogP contribution in [0.1, 0.15) is 41.7 Å². The van der Waals surface area contributed by atoms with Crippen molar-refractivity contribution < 1.29 is 23.1 Å². The number of halogens is 3. The van der Waals surface area contributed by atoms with Gasteiger partial charge in [0.2, 0.25) is 0 Å². The van der Waals surface area contributed by atoms with Gasteiger partial charge in [-0.3, -0.25) is 9.78 Å². The monoisotopic (exact) mass is 290 g/mol. The summed E-state index contributed by atoms with van der Waals surface area (Å²) in [6.45, 7) is 0.606. The Morgan fingerprint density at radius 1 is 1.20 bits per heavy atom. The molecule has 1 aromatic rings. The molecule has 4 nitrogen and oxygen atoms in total. The average molecular weight is 290 g/mol. The van der Waals surface area contributed by atoms with Crippen LogP contribution in [0.2, 0.25) is 0 Å². The number of alkyl halides is 3. The molecule has 0 aliphatic rings. The molecule has 0 fully saturated rings. The summed E-state index contributed by atoms with van der Waals surface area (Å²) < 4.78 is 36.9. The highest BCUT2D eigenvalue weighted by molar-refractivity contribution is 5.93. The molecule has 7 heteroatoms. The van der Waals surface area contributed by atoms with E-state index in [0.717, 1.165) is 44.0 Å². The Morgan fingerprint density at radius 2 is 1.90 bits per heavy atom. The zero-order chi connectivity index (χ0) is 15.0. The molecule has 1 rings (SSSR count). The lowest BCUT2D eigenvalue weighted by molar-refractivity contribution is -0.141. The summed E-state index contributed by atoms with van der Waals surface area (Å²) in [4.78, 5) is 14.8. The van der Waals surface area contributed by atoms with E-state index < -0.39 is 17.8 Å². The van der Waals surface area contributed by atoms with Crippen molar-refractivity contribution in [2.45, 2.75) is 31.9 Å². The highest BCUT2D eigenvalue weighted by atomic mass is 19.4. The third-order valence-corrected chi connectivity index (χ3v) is 2.69. The van der Waals surface area contributed by atoms with E-state index in [4.69, 9.17) is 5.11 Å². The lowest BCUT2D eigenvalue weighted by atomic mass is 10.2. The molecule has 0 bridgehead atoms. The second-order valence-corrected chi connectivity index (χ2v) is 4.32. The van der Waals surface area contributed by atoms with E-state index in [2.05, 4.69) is 10.3 Å². The third-order valence-electron chi connectivity index (χ3n) is 2.69. The average Bonchev–Trinajstić information content (AvgIpc) is 2.41.